The molecule has 0 aliphatic carbocycles. The van der Waals surface area contributed by atoms with Crippen molar-refractivity contribution in [2.45, 2.75) is 168 Å². The summed E-state index contributed by atoms with van der Waals surface area (Å²) in [5.41, 5.74) is 0. The first-order chi connectivity index (χ1) is 19.8. The van der Waals surface area contributed by atoms with Gasteiger partial charge >= 0.3 is 5.97 Å². The summed E-state index contributed by atoms with van der Waals surface area (Å²) in [6, 6.07) is 0.0536. The van der Waals surface area contributed by atoms with Crippen LogP contribution < -0.4 is 0 Å². The summed E-state index contributed by atoms with van der Waals surface area (Å²) >= 11 is 0. The molecule has 0 aromatic carbocycles. The van der Waals surface area contributed by atoms with Crippen molar-refractivity contribution in [3.05, 3.63) is 11.9 Å². The molecule has 6 nitrogen and oxygen atoms in total. The Bertz CT molecular complexity index is 657. The van der Waals surface area contributed by atoms with Crippen LogP contribution in [-0.4, -0.2) is 60.2 Å². The van der Waals surface area contributed by atoms with Crippen molar-refractivity contribution in [1.29, 1.82) is 0 Å². The van der Waals surface area contributed by atoms with Gasteiger partial charge in [0.25, 0.3) is 0 Å². The molecule has 41 heavy (non-hydrogen) atoms. The van der Waals surface area contributed by atoms with E-state index in [0.717, 1.165) is 70.4 Å². The van der Waals surface area contributed by atoms with Gasteiger partial charge in [-0.25, -0.2) is 9.86 Å². The number of hydrogen-bond donors (Lipinski definition) is 1. The lowest BCUT2D eigenvalue weighted by atomic mass is 9.99. The van der Waals surface area contributed by atoms with Crippen LogP contribution in [0.1, 0.15) is 162 Å². The van der Waals surface area contributed by atoms with E-state index < -0.39 is 11.8 Å². The molecule has 0 bridgehead atoms. The molecule has 0 aliphatic heterocycles. The molecule has 0 saturated heterocycles. The van der Waals surface area contributed by atoms with E-state index in [1.807, 2.05) is 14.1 Å². The number of unbranched alkanes of at least 4 members (excludes halogenated alkanes) is 16. The highest BCUT2D eigenvalue weighted by Gasteiger charge is 2.24. The van der Waals surface area contributed by atoms with Gasteiger partial charge in [0.15, 0.2) is 0 Å². The summed E-state index contributed by atoms with van der Waals surface area (Å²) in [4.78, 5) is 32.4. The number of hydrogen-bond acceptors (Lipinski definition) is 4. The zero-order valence-electron chi connectivity index (χ0n) is 27.3. The maximum Gasteiger partial charge on any atom is 0.364 e. The van der Waals surface area contributed by atoms with Crippen LogP contribution in [0.2, 0.25) is 0 Å². The van der Waals surface area contributed by atoms with E-state index in [9.17, 15) is 14.0 Å². The maximum atomic E-state index is 13.4. The quantitative estimate of drug-likeness (QED) is 0.0517. The molecule has 0 aliphatic rings. The SMILES string of the molecule is CCCCCCCCCCON(C(=O)CCCN(C)C)C(CCCCC/C=C(\F)C(=O)O)CCCCCCCCC. The van der Waals surface area contributed by atoms with Crippen LogP contribution in [0.5, 0.6) is 0 Å². The van der Waals surface area contributed by atoms with Gasteiger partial charge in [-0.2, -0.15) is 4.39 Å². The Balaban J connectivity index is 5.02. The fraction of sp³-hybridized carbons (Fsp3) is 0.882. The van der Waals surface area contributed by atoms with Gasteiger partial charge in [-0.15, -0.1) is 0 Å². The highest BCUT2D eigenvalue weighted by atomic mass is 19.1. The minimum atomic E-state index is -1.50. The van der Waals surface area contributed by atoms with E-state index in [0.29, 0.717) is 19.4 Å². The fourth-order valence-corrected chi connectivity index (χ4v) is 5.17. The van der Waals surface area contributed by atoms with Crippen LogP contribution in [-0.2, 0) is 14.4 Å². The number of halogens is 1. The Morgan fingerprint density at radius 2 is 1.22 bits per heavy atom. The van der Waals surface area contributed by atoms with Crippen LogP contribution in [0.15, 0.2) is 11.9 Å². The third kappa shape index (κ3) is 24.8. The van der Waals surface area contributed by atoms with E-state index in [-0.39, 0.29) is 11.9 Å². The molecule has 1 N–H and O–H groups in total. The number of carbonyl (C=O) groups excluding carboxylic acids is 1. The van der Waals surface area contributed by atoms with Crippen LogP contribution in [0.3, 0.4) is 0 Å². The number of carbonyl (C=O) groups is 2. The van der Waals surface area contributed by atoms with E-state index >= 15 is 0 Å². The molecular formula is C34H65FN2O4. The van der Waals surface area contributed by atoms with E-state index in [2.05, 4.69) is 18.7 Å². The average molecular weight is 585 g/mol. The Hall–Kier alpha value is -1.47. The summed E-state index contributed by atoms with van der Waals surface area (Å²) < 4.78 is 13.2. The predicted octanol–water partition coefficient (Wildman–Crippen LogP) is 9.63. The summed E-state index contributed by atoms with van der Waals surface area (Å²) in [6.07, 6.45) is 25.7. The molecule has 7 heteroatoms. The Morgan fingerprint density at radius 3 is 1.73 bits per heavy atom. The van der Waals surface area contributed by atoms with Gasteiger partial charge in [-0.05, 0) is 65.2 Å². The molecular weight excluding hydrogens is 519 g/mol. The molecule has 0 fully saturated rings. The summed E-state index contributed by atoms with van der Waals surface area (Å²) in [5.74, 6) is -2.49. The highest BCUT2D eigenvalue weighted by Crippen LogP contribution is 2.21. The summed E-state index contributed by atoms with van der Waals surface area (Å²) in [7, 11) is 4.06. The molecule has 0 saturated carbocycles. The second-order valence-corrected chi connectivity index (χ2v) is 12.0. The smallest absolute Gasteiger partial charge is 0.364 e. The van der Waals surface area contributed by atoms with Crippen LogP contribution in [0, 0.1) is 0 Å². The average Bonchev–Trinajstić information content (AvgIpc) is 2.94. The number of rotatable bonds is 30. The minimum Gasteiger partial charge on any atom is -0.476 e. The van der Waals surface area contributed by atoms with E-state index in [1.165, 1.54) is 77.0 Å². The van der Waals surface area contributed by atoms with Crippen LogP contribution in [0.4, 0.5) is 4.39 Å². The first-order valence-corrected chi connectivity index (χ1v) is 17.0. The molecule has 0 radical (unpaired) electrons. The van der Waals surface area contributed by atoms with Gasteiger partial charge in [0, 0.05) is 6.42 Å². The first-order valence-electron chi connectivity index (χ1n) is 17.0. The molecule has 1 amide bonds. The van der Waals surface area contributed by atoms with Gasteiger partial charge in [0.2, 0.25) is 11.7 Å². The van der Waals surface area contributed by atoms with Crippen molar-refractivity contribution >= 4 is 11.9 Å². The normalized spacial score (nSPS) is 12.7. The molecule has 242 valence electrons. The molecule has 0 heterocycles. The summed E-state index contributed by atoms with van der Waals surface area (Å²) in [6.45, 7) is 5.94. The number of allylic oxidation sites excluding steroid dienone is 1. The standard InChI is InChI=1S/C34H65FN2O4/c1-5-7-9-11-13-15-19-23-30-41-37(33(38)28-24-29-36(3)4)31(25-20-16-14-12-10-8-6-2)26-21-17-18-22-27-32(35)34(39)40/h27,31H,5-26,28-30H2,1-4H3,(H,39,40)/b32-27-. The lowest BCUT2D eigenvalue weighted by Crippen LogP contribution is -2.41. The number of hydroxylamine groups is 2. The summed E-state index contributed by atoms with van der Waals surface area (Å²) in [5, 5.41) is 10.4. The van der Waals surface area contributed by atoms with Crippen molar-refractivity contribution in [2.24, 2.45) is 0 Å². The number of carboxylic acid groups (broad SMARTS) is 1. The van der Waals surface area contributed by atoms with Gasteiger partial charge in [0.05, 0.1) is 12.6 Å². The lowest BCUT2D eigenvalue weighted by Gasteiger charge is -2.31. The fourth-order valence-electron chi connectivity index (χ4n) is 5.17. The van der Waals surface area contributed by atoms with Crippen molar-refractivity contribution < 1.29 is 23.9 Å². The molecule has 0 aromatic heterocycles. The van der Waals surface area contributed by atoms with Crippen molar-refractivity contribution in [2.75, 3.05) is 27.2 Å². The maximum absolute atomic E-state index is 13.4. The number of aliphatic carboxylic acids is 1. The predicted molar refractivity (Wildman–Crippen MR) is 170 cm³/mol. The van der Waals surface area contributed by atoms with Crippen molar-refractivity contribution in [3.8, 4) is 0 Å². The largest absolute Gasteiger partial charge is 0.476 e. The first kappa shape index (κ1) is 39.5. The van der Waals surface area contributed by atoms with Crippen molar-refractivity contribution in [3.63, 3.8) is 0 Å². The number of amides is 1. The van der Waals surface area contributed by atoms with Crippen molar-refractivity contribution in [1.82, 2.24) is 9.96 Å². The Morgan fingerprint density at radius 1 is 0.732 bits per heavy atom. The van der Waals surface area contributed by atoms with Gasteiger partial charge in [0.1, 0.15) is 0 Å². The molecule has 0 aromatic rings. The Labute approximate surface area is 252 Å². The van der Waals surface area contributed by atoms with E-state index in [1.54, 1.807) is 5.06 Å². The minimum absolute atomic E-state index is 0.0536. The number of carboxylic acids is 1. The Kier molecular flexibility index (Phi) is 27.6. The zero-order chi connectivity index (χ0) is 30.6. The van der Waals surface area contributed by atoms with Crippen LogP contribution >= 0.6 is 0 Å². The number of nitrogens with zero attached hydrogens (tertiary/aromatic N) is 2. The van der Waals surface area contributed by atoms with Gasteiger partial charge in [-0.1, -0.05) is 117 Å². The third-order valence-electron chi connectivity index (χ3n) is 7.71. The molecule has 0 rings (SSSR count). The van der Waals surface area contributed by atoms with Gasteiger partial charge in [-0.3, -0.25) is 9.63 Å². The monoisotopic (exact) mass is 584 g/mol. The highest BCUT2D eigenvalue weighted by molar-refractivity contribution is 5.83. The lowest BCUT2D eigenvalue weighted by molar-refractivity contribution is -0.203. The second kappa shape index (κ2) is 28.6. The second-order valence-electron chi connectivity index (χ2n) is 12.0. The molecule has 1 atom stereocenters. The molecule has 0 spiro atoms. The third-order valence-corrected chi connectivity index (χ3v) is 7.71. The zero-order valence-corrected chi connectivity index (χ0v) is 27.3. The van der Waals surface area contributed by atoms with Gasteiger partial charge < -0.3 is 10.0 Å². The topological polar surface area (TPSA) is 70.1 Å². The van der Waals surface area contributed by atoms with Crippen LogP contribution in [0.25, 0.3) is 0 Å². The molecule has 1 unspecified atom stereocenters. The van der Waals surface area contributed by atoms with E-state index in [4.69, 9.17) is 9.94 Å².